The van der Waals surface area contributed by atoms with Crippen LogP contribution in [0.3, 0.4) is 0 Å². The second-order valence-corrected chi connectivity index (χ2v) is 5.76. The number of ether oxygens (including phenoxy) is 3. The average Bonchev–Trinajstić information content (AvgIpc) is 2.63. The van der Waals surface area contributed by atoms with Gasteiger partial charge in [0.25, 0.3) is 0 Å². The number of esters is 1. The number of carbonyl (C=O) groups excluding carboxylic acids is 1. The van der Waals surface area contributed by atoms with Gasteiger partial charge in [-0.05, 0) is 24.6 Å². The third kappa shape index (κ3) is 4.84. The Morgan fingerprint density at radius 2 is 1.88 bits per heavy atom. The molecule has 7 heteroatoms. The average molecular weight is 347 g/mol. The zero-order valence-electron chi connectivity index (χ0n) is 15.0. The SMILES string of the molecule is CCOC(=O)CN1CCN(C(C#N)c2ccc(OC)c(OC)c2)CC1. The van der Waals surface area contributed by atoms with Gasteiger partial charge in [-0.1, -0.05) is 6.07 Å². The van der Waals surface area contributed by atoms with Gasteiger partial charge in [0.05, 0.1) is 33.4 Å². The number of benzene rings is 1. The lowest BCUT2D eigenvalue weighted by atomic mass is 10.0. The Labute approximate surface area is 148 Å². The number of methoxy groups -OCH3 is 2. The molecule has 0 saturated carbocycles. The fourth-order valence-electron chi connectivity index (χ4n) is 2.96. The molecular formula is C18H25N3O4. The lowest BCUT2D eigenvalue weighted by Gasteiger charge is -2.36. The van der Waals surface area contributed by atoms with Crippen molar-refractivity contribution in [1.29, 1.82) is 5.26 Å². The van der Waals surface area contributed by atoms with Gasteiger partial charge in [0, 0.05) is 26.2 Å². The summed E-state index contributed by atoms with van der Waals surface area (Å²) in [5.74, 6) is 1.05. The molecule has 0 amide bonds. The lowest BCUT2D eigenvalue weighted by Crippen LogP contribution is -2.48. The molecule has 1 atom stereocenters. The van der Waals surface area contributed by atoms with E-state index < -0.39 is 0 Å². The Bertz CT molecular complexity index is 621. The number of nitriles is 1. The minimum atomic E-state index is -0.357. The van der Waals surface area contributed by atoms with E-state index in [1.807, 2.05) is 18.2 Å². The van der Waals surface area contributed by atoms with E-state index in [1.54, 1.807) is 21.1 Å². The van der Waals surface area contributed by atoms with E-state index in [2.05, 4.69) is 15.9 Å². The molecule has 7 nitrogen and oxygen atoms in total. The Kier molecular flexibility index (Phi) is 7.04. The van der Waals surface area contributed by atoms with E-state index in [9.17, 15) is 10.1 Å². The van der Waals surface area contributed by atoms with E-state index in [-0.39, 0.29) is 12.0 Å². The predicted octanol–water partition coefficient (Wildman–Crippen LogP) is 1.45. The summed E-state index contributed by atoms with van der Waals surface area (Å²) in [4.78, 5) is 15.7. The van der Waals surface area contributed by atoms with Gasteiger partial charge in [-0.15, -0.1) is 0 Å². The van der Waals surface area contributed by atoms with Crippen LogP contribution in [0.2, 0.25) is 0 Å². The lowest BCUT2D eigenvalue weighted by molar-refractivity contribution is -0.144. The molecule has 1 aliphatic heterocycles. The van der Waals surface area contributed by atoms with Crippen molar-refractivity contribution in [3.8, 4) is 17.6 Å². The molecule has 0 N–H and O–H groups in total. The number of rotatable bonds is 7. The van der Waals surface area contributed by atoms with Crippen LogP contribution >= 0.6 is 0 Å². The van der Waals surface area contributed by atoms with Crippen molar-refractivity contribution >= 4 is 5.97 Å². The molecule has 1 unspecified atom stereocenters. The molecule has 0 spiro atoms. The van der Waals surface area contributed by atoms with Gasteiger partial charge in [-0.3, -0.25) is 14.6 Å². The van der Waals surface area contributed by atoms with E-state index >= 15 is 0 Å². The van der Waals surface area contributed by atoms with Crippen molar-refractivity contribution < 1.29 is 19.0 Å². The highest BCUT2D eigenvalue weighted by Crippen LogP contribution is 2.32. The molecule has 136 valence electrons. The van der Waals surface area contributed by atoms with Gasteiger partial charge in [-0.25, -0.2) is 0 Å². The van der Waals surface area contributed by atoms with E-state index in [0.29, 0.717) is 37.7 Å². The van der Waals surface area contributed by atoms with Gasteiger partial charge in [0.2, 0.25) is 0 Å². The highest BCUT2D eigenvalue weighted by atomic mass is 16.5. The fourth-order valence-corrected chi connectivity index (χ4v) is 2.96. The van der Waals surface area contributed by atoms with Crippen LogP contribution in [-0.2, 0) is 9.53 Å². The highest BCUT2D eigenvalue weighted by Gasteiger charge is 2.26. The maximum atomic E-state index is 11.6. The van der Waals surface area contributed by atoms with Crippen LogP contribution in [0.4, 0.5) is 0 Å². The summed E-state index contributed by atoms with van der Waals surface area (Å²) in [7, 11) is 3.17. The van der Waals surface area contributed by atoms with Gasteiger partial charge in [-0.2, -0.15) is 5.26 Å². The molecule has 1 aromatic rings. The summed E-state index contributed by atoms with van der Waals surface area (Å²) in [6.07, 6.45) is 0. The van der Waals surface area contributed by atoms with Crippen LogP contribution in [0.15, 0.2) is 18.2 Å². The summed E-state index contributed by atoms with van der Waals surface area (Å²) >= 11 is 0. The van der Waals surface area contributed by atoms with Crippen LogP contribution in [0, 0.1) is 11.3 Å². The van der Waals surface area contributed by atoms with Crippen LogP contribution in [0.25, 0.3) is 0 Å². The zero-order chi connectivity index (χ0) is 18.2. The van der Waals surface area contributed by atoms with Gasteiger partial charge < -0.3 is 14.2 Å². The fraction of sp³-hybridized carbons (Fsp3) is 0.556. The highest BCUT2D eigenvalue weighted by molar-refractivity contribution is 5.71. The molecule has 1 fully saturated rings. The number of nitrogens with zero attached hydrogens (tertiary/aromatic N) is 3. The Morgan fingerprint density at radius 3 is 2.44 bits per heavy atom. The van der Waals surface area contributed by atoms with Crippen LogP contribution in [0.1, 0.15) is 18.5 Å². The molecule has 1 saturated heterocycles. The van der Waals surface area contributed by atoms with Crippen molar-refractivity contribution in [1.82, 2.24) is 9.80 Å². The maximum absolute atomic E-state index is 11.6. The number of carbonyl (C=O) groups is 1. The molecule has 0 aromatic heterocycles. The summed E-state index contributed by atoms with van der Waals surface area (Å²) < 4.78 is 15.6. The number of piperazine rings is 1. The van der Waals surface area contributed by atoms with Crippen molar-refractivity contribution in [2.45, 2.75) is 13.0 Å². The van der Waals surface area contributed by atoms with Crippen LogP contribution < -0.4 is 9.47 Å². The molecule has 0 radical (unpaired) electrons. The van der Waals surface area contributed by atoms with Crippen molar-refractivity contribution in [3.63, 3.8) is 0 Å². The summed E-state index contributed by atoms with van der Waals surface area (Å²) in [5.41, 5.74) is 0.874. The molecule has 1 aliphatic rings. The van der Waals surface area contributed by atoms with Gasteiger partial charge in [0.15, 0.2) is 11.5 Å². The first-order chi connectivity index (χ1) is 12.1. The first-order valence-electron chi connectivity index (χ1n) is 8.36. The molecule has 2 rings (SSSR count). The van der Waals surface area contributed by atoms with Crippen molar-refractivity contribution in [2.24, 2.45) is 0 Å². The third-order valence-corrected chi connectivity index (χ3v) is 4.28. The summed E-state index contributed by atoms with van der Waals surface area (Å²) in [5, 5.41) is 9.65. The topological polar surface area (TPSA) is 75.0 Å². The van der Waals surface area contributed by atoms with E-state index in [1.165, 1.54) is 0 Å². The molecule has 0 aliphatic carbocycles. The normalized spacial score (nSPS) is 16.7. The maximum Gasteiger partial charge on any atom is 0.320 e. The number of hydrogen-bond acceptors (Lipinski definition) is 7. The predicted molar refractivity (Wildman–Crippen MR) is 92.5 cm³/mol. The Hall–Kier alpha value is -2.30. The van der Waals surface area contributed by atoms with Crippen LogP contribution in [0.5, 0.6) is 11.5 Å². The second-order valence-electron chi connectivity index (χ2n) is 5.76. The van der Waals surface area contributed by atoms with E-state index in [4.69, 9.17) is 14.2 Å². The number of hydrogen-bond donors (Lipinski definition) is 0. The summed E-state index contributed by atoms with van der Waals surface area (Å²) in [6, 6.07) is 7.56. The standard InChI is InChI=1S/C18H25N3O4/c1-4-25-18(22)13-20-7-9-21(10-8-20)15(12-19)14-5-6-16(23-2)17(11-14)24-3/h5-6,11,15H,4,7-10,13H2,1-3H3. The minimum absolute atomic E-state index is 0.201. The minimum Gasteiger partial charge on any atom is -0.493 e. The molecular weight excluding hydrogens is 322 g/mol. The third-order valence-electron chi connectivity index (χ3n) is 4.28. The second kappa shape index (κ2) is 9.25. The smallest absolute Gasteiger partial charge is 0.320 e. The first kappa shape index (κ1) is 19.0. The first-order valence-corrected chi connectivity index (χ1v) is 8.36. The molecule has 1 aromatic carbocycles. The Morgan fingerprint density at radius 1 is 1.20 bits per heavy atom. The van der Waals surface area contributed by atoms with Crippen LogP contribution in [-0.4, -0.2) is 69.3 Å². The molecule has 0 bridgehead atoms. The molecule has 25 heavy (non-hydrogen) atoms. The van der Waals surface area contributed by atoms with Gasteiger partial charge in [0.1, 0.15) is 6.04 Å². The monoisotopic (exact) mass is 347 g/mol. The molecule has 1 heterocycles. The van der Waals surface area contributed by atoms with E-state index in [0.717, 1.165) is 18.7 Å². The summed E-state index contributed by atoms with van der Waals surface area (Å²) in [6.45, 7) is 5.38. The largest absolute Gasteiger partial charge is 0.493 e. The Balaban J connectivity index is 2.01. The van der Waals surface area contributed by atoms with Crippen molar-refractivity contribution in [2.75, 3.05) is 53.6 Å². The quantitative estimate of drug-likeness (QED) is 0.691. The zero-order valence-corrected chi connectivity index (χ0v) is 15.0. The van der Waals surface area contributed by atoms with Crippen molar-refractivity contribution in [3.05, 3.63) is 23.8 Å². The van der Waals surface area contributed by atoms with Gasteiger partial charge >= 0.3 is 5.97 Å².